The topological polar surface area (TPSA) is 63.2 Å². The fraction of sp³-hybridized carbons (Fsp3) is 0.0357. The molecule has 172 valence electrons. The third kappa shape index (κ3) is 5.71. The van der Waals surface area contributed by atoms with Gasteiger partial charge >= 0.3 is 0 Å². The van der Waals surface area contributed by atoms with Crippen LogP contribution in [0.25, 0.3) is 20.8 Å². The van der Waals surface area contributed by atoms with Crippen LogP contribution in [0.2, 0.25) is 0 Å². The summed E-state index contributed by atoms with van der Waals surface area (Å²) in [4.78, 5) is 17.5. The summed E-state index contributed by atoms with van der Waals surface area (Å²) in [7, 11) is 0. The molecule has 0 unspecified atom stereocenters. The van der Waals surface area contributed by atoms with Crippen molar-refractivity contribution in [2.24, 2.45) is 0 Å². The zero-order valence-corrected chi connectivity index (χ0v) is 20.2. The molecule has 0 radical (unpaired) electrons. The number of hydrogen-bond acceptors (Lipinski definition) is 5. The lowest BCUT2D eigenvalue weighted by Gasteiger charge is -2.11. The van der Waals surface area contributed by atoms with Crippen LogP contribution < -0.4 is 15.4 Å². The lowest BCUT2D eigenvalue weighted by atomic mass is 10.2. The number of ether oxygens (including phenoxy) is 1. The molecule has 4 aromatic carbocycles. The van der Waals surface area contributed by atoms with Crippen molar-refractivity contribution in [2.75, 3.05) is 5.32 Å². The van der Waals surface area contributed by atoms with Gasteiger partial charge in [-0.3, -0.25) is 10.1 Å². The Kier molecular flexibility index (Phi) is 6.79. The quantitative estimate of drug-likeness (QED) is 0.258. The van der Waals surface area contributed by atoms with Crippen molar-refractivity contribution in [3.63, 3.8) is 0 Å². The maximum atomic E-state index is 12.8. The first kappa shape index (κ1) is 22.7. The van der Waals surface area contributed by atoms with E-state index in [9.17, 15) is 4.79 Å². The minimum atomic E-state index is -0.310. The number of benzene rings is 4. The molecule has 1 amide bonds. The van der Waals surface area contributed by atoms with E-state index in [-0.39, 0.29) is 11.0 Å². The van der Waals surface area contributed by atoms with Crippen LogP contribution in [0.15, 0.2) is 103 Å². The predicted octanol–water partition coefficient (Wildman–Crippen LogP) is 6.67. The molecular formula is C28H21N3O2S2. The number of fused-ring (bicyclic) bond motifs is 1. The maximum Gasteiger partial charge on any atom is 0.257 e. The molecule has 0 spiro atoms. The highest BCUT2D eigenvalue weighted by atomic mass is 32.1. The Hall–Kier alpha value is -4.07. The number of carbonyl (C=O) groups excluding carboxylic acids is 1. The van der Waals surface area contributed by atoms with Crippen LogP contribution in [0.1, 0.15) is 15.9 Å². The van der Waals surface area contributed by atoms with Gasteiger partial charge in [-0.25, -0.2) is 4.98 Å². The Morgan fingerprint density at radius 2 is 1.69 bits per heavy atom. The molecular weight excluding hydrogens is 474 g/mol. The number of thiocarbonyl (C=S) groups is 1. The van der Waals surface area contributed by atoms with Crippen LogP contribution >= 0.6 is 23.6 Å². The summed E-state index contributed by atoms with van der Waals surface area (Å²) < 4.78 is 6.96. The molecule has 0 saturated carbocycles. The summed E-state index contributed by atoms with van der Waals surface area (Å²) in [6.07, 6.45) is 0. The number of nitrogens with one attached hydrogen (secondary N) is 2. The highest BCUT2D eigenvalue weighted by molar-refractivity contribution is 7.80. The van der Waals surface area contributed by atoms with E-state index >= 15 is 0 Å². The number of nitrogens with zero attached hydrogens (tertiary/aromatic N) is 1. The maximum absolute atomic E-state index is 12.8. The Morgan fingerprint density at radius 3 is 2.54 bits per heavy atom. The molecule has 1 heterocycles. The second-order valence-electron chi connectivity index (χ2n) is 7.78. The summed E-state index contributed by atoms with van der Waals surface area (Å²) in [6.45, 7) is 0.427. The Balaban J connectivity index is 1.22. The summed E-state index contributed by atoms with van der Waals surface area (Å²) in [6, 6.07) is 32.8. The molecule has 0 atom stereocenters. The van der Waals surface area contributed by atoms with Crippen molar-refractivity contribution in [1.29, 1.82) is 0 Å². The minimum absolute atomic E-state index is 0.215. The van der Waals surface area contributed by atoms with E-state index in [0.29, 0.717) is 17.9 Å². The molecule has 0 bridgehead atoms. The van der Waals surface area contributed by atoms with Gasteiger partial charge in [0.15, 0.2) is 5.11 Å². The van der Waals surface area contributed by atoms with Crippen molar-refractivity contribution in [3.05, 3.63) is 114 Å². The molecule has 5 rings (SSSR count). The largest absolute Gasteiger partial charge is 0.489 e. The number of rotatable bonds is 6. The molecule has 0 aliphatic heterocycles. The molecule has 35 heavy (non-hydrogen) atoms. The van der Waals surface area contributed by atoms with Crippen LogP contribution in [0, 0.1) is 0 Å². The zero-order chi connectivity index (χ0) is 24.0. The first-order valence-electron chi connectivity index (χ1n) is 11.0. The molecule has 0 aliphatic carbocycles. The lowest BCUT2D eigenvalue weighted by molar-refractivity contribution is 0.0977. The van der Waals surface area contributed by atoms with Gasteiger partial charge in [-0.15, -0.1) is 11.3 Å². The number of carbonyl (C=O) groups is 1. The van der Waals surface area contributed by atoms with Gasteiger partial charge in [0.05, 0.1) is 10.2 Å². The van der Waals surface area contributed by atoms with Gasteiger partial charge in [-0.1, -0.05) is 60.7 Å². The molecule has 0 saturated heterocycles. The summed E-state index contributed by atoms with van der Waals surface area (Å²) in [5.74, 6) is 0.305. The predicted molar refractivity (Wildman–Crippen MR) is 146 cm³/mol. The number of hydrogen-bond donors (Lipinski definition) is 2. The van der Waals surface area contributed by atoms with E-state index in [4.69, 9.17) is 21.9 Å². The first-order valence-corrected chi connectivity index (χ1v) is 12.2. The highest BCUT2D eigenvalue weighted by Gasteiger charge is 2.11. The summed E-state index contributed by atoms with van der Waals surface area (Å²) >= 11 is 7.02. The van der Waals surface area contributed by atoms with Crippen LogP contribution in [-0.4, -0.2) is 16.0 Å². The molecule has 0 fully saturated rings. The van der Waals surface area contributed by atoms with Gasteiger partial charge in [-0.2, -0.15) is 0 Å². The minimum Gasteiger partial charge on any atom is -0.489 e. The van der Waals surface area contributed by atoms with Crippen LogP contribution in [-0.2, 0) is 6.61 Å². The van der Waals surface area contributed by atoms with Gasteiger partial charge in [0.2, 0.25) is 0 Å². The van der Waals surface area contributed by atoms with E-state index in [1.54, 1.807) is 29.5 Å². The number of thiazole rings is 1. The Labute approximate surface area is 212 Å². The van der Waals surface area contributed by atoms with E-state index in [0.717, 1.165) is 32.0 Å². The third-order valence-corrected chi connectivity index (χ3v) is 6.52. The van der Waals surface area contributed by atoms with Crippen LogP contribution in [0.3, 0.4) is 0 Å². The van der Waals surface area contributed by atoms with Crippen molar-refractivity contribution in [3.8, 4) is 16.3 Å². The van der Waals surface area contributed by atoms with Gasteiger partial charge < -0.3 is 10.1 Å². The molecule has 7 heteroatoms. The number of aromatic nitrogens is 1. The fourth-order valence-corrected chi connectivity index (χ4v) is 4.70. The van der Waals surface area contributed by atoms with Crippen molar-refractivity contribution in [1.82, 2.24) is 10.3 Å². The van der Waals surface area contributed by atoms with Gasteiger partial charge in [0.1, 0.15) is 17.4 Å². The van der Waals surface area contributed by atoms with Gasteiger partial charge in [-0.05, 0) is 60.2 Å². The van der Waals surface area contributed by atoms with E-state index in [1.807, 2.05) is 78.9 Å². The average molecular weight is 496 g/mol. The highest BCUT2D eigenvalue weighted by Crippen LogP contribution is 2.31. The number of para-hydroxylation sites is 1. The summed E-state index contributed by atoms with van der Waals surface area (Å²) in [5, 5.41) is 6.97. The van der Waals surface area contributed by atoms with Crippen LogP contribution in [0.5, 0.6) is 5.75 Å². The SMILES string of the molecule is O=C(NC(=S)Nc1cccc(-c2nc3ccccc3s2)c1)c1cccc(OCc2ccccc2)c1. The van der Waals surface area contributed by atoms with E-state index < -0.39 is 0 Å². The smallest absolute Gasteiger partial charge is 0.257 e. The Bertz CT molecular complexity index is 1470. The van der Waals surface area contributed by atoms with Gasteiger partial charge in [0, 0.05) is 16.8 Å². The number of amides is 1. The van der Waals surface area contributed by atoms with Crippen molar-refractivity contribution < 1.29 is 9.53 Å². The first-order chi connectivity index (χ1) is 17.1. The average Bonchev–Trinajstić information content (AvgIpc) is 3.33. The molecule has 1 aromatic heterocycles. The van der Waals surface area contributed by atoms with Crippen LogP contribution in [0.4, 0.5) is 5.69 Å². The monoisotopic (exact) mass is 495 g/mol. The van der Waals surface area contributed by atoms with E-state index in [1.165, 1.54) is 0 Å². The van der Waals surface area contributed by atoms with E-state index in [2.05, 4.69) is 16.7 Å². The lowest BCUT2D eigenvalue weighted by Crippen LogP contribution is -2.34. The number of anilines is 1. The van der Waals surface area contributed by atoms with Gasteiger partial charge in [0.25, 0.3) is 5.91 Å². The standard InChI is InChI=1S/C28H21N3O2S2/c32-26(20-10-7-13-23(17-20)33-18-19-8-2-1-3-9-19)31-28(34)29-22-12-6-11-21(16-22)27-30-24-14-4-5-15-25(24)35-27/h1-17H,18H2,(H2,29,31,32,34). The second kappa shape index (κ2) is 10.5. The molecule has 5 nitrogen and oxygen atoms in total. The zero-order valence-electron chi connectivity index (χ0n) is 18.6. The normalized spacial score (nSPS) is 10.6. The second-order valence-corrected chi connectivity index (χ2v) is 9.22. The fourth-order valence-electron chi connectivity index (χ4n) is 3.53. The molecule has 2 N–H and O–H groups in total. The molecule has 0 aliphatic rings. The molecule has 5 aromatic rings. The third-order valence-electron chi connectivity index (χ3n) is 5.23. The summed E-state index contributed by atoms with van der Waals surface area (Å²) in [5.41, 5.74) is 4.24. The van der Waals surface area contributed by atoms with Crippen molar-refractivity contribution >= 4 is 50.5 Å². The Morgan fingerprint density at radius 1 is 0.886 bits per heavy atom. The van der Waals surface area contributed by atoms with Crippen molar-refractivity contribution in [2.45, 2.75) is 6.61 Å².